The molecule has 0 aliphatic heterocycles. The van der Waals surface area contributed by atoms with Gasteiger partial charge in [-0.25, -0.2) is 21.6 Å². The molecule has 0 aliphatic carbocycles. The van der Waals surface area contributed by atoms with E-state index < -0.39 is 32.5 Å². The van der Waals surface area contributed by atoms with Gasteiger partial charge in [-0.05, 0) is 56.3 Å². The maximum absolute atomic E-state index is 12.4. The first-order valence-corrected chi connectivity index (χ1v) is 12.2. The van der Waals surface area contributed by atoms with Crippen LogP contribution in [-0.2, 0) is 24.8 Å². The Morgan fingerprint density at radius 1 is 1.07 bits per heavy atom. The van der Waals surface area contributed by atoms with Gasteiger partial charge in [0.1, 0.15) is 6.54 Å². The molecule has 0 heterocycles. The lowest BCUT2D eigenvalue weighted by molar-refractivity contribution is -0.114. The highest BCUT2D eigenvalue weighted by molar-refractivity contribution is 7.92. The van der Waals surface area contributed by atoms with E-state index in [0.29, 0.717) is 10.7 Å². The first-order valence-electron chi connectivity index (χ1n) is 8.54. The van der Waals surface area contributed by atoms with Crippen molar-refractivity contribution in [2.45, 2.75) is 24.8 Å². The Balaban J connectivity index is 2.15. The van der Waals surface area contributed by atoms with Crippen molar-refractivity contribution in [1.29, 1.82) is 0 Å². The third-order valence-electron chi connectivity index (χ3n) is 3.62. The van der Waals surface area contributed by atoms with E-state index >= 15 is 0 Å². The zero-order valence-corrected chi connectivity index (χ0v) is 18.5. The van der Waals surface area contributed by atoms with E-state index in [-0.39, 0.29) is 16.6 Å². The summed E-state index contributed by atoms with van der Waals surface area (Å²) in [6.45, 7) is 2.95. The summed E-state index contributed by atoms with van der Waals surface area (Å²) in [5.74, 6) is -0.591. The zero-order valence-electron chi connectivity index (χ0n) is 16.1. The largest absolute Gasteiger partial charge is 0.325 e. The van der Waals surface area contributed by atoms with Gasteiger partial charge in [-0.1, -0.05) is 17.7 Å². The number of nitrogens with one attached hydrogen (secondary N) is 2. The molecule has 2 rings (SSSR count). The molecule has 2 N–H and O–H groups in total. The normalized spacial score (nSPS) is 12.0. The van der Waals surface area contributed by atoms with E-state index in [0.717, 1.165) is 10.6 Å². The van der Waals surface area contributed by atoms with Gasteiger partial charge in [0, 0.05) is 16.8 Å². The molecule has 0 saturated heterocycles. The first-order chi connectivity index (χ1) is 13.4. The van der Waals surface area contributed by atoms with Crippen molar-refractivity contribution in [3.63, 3.8) is 0 Å². The molecule has 11 heteroatoms. The summed E-state index contributed by atoms with van der Waals surface area (Å²) in [7, 11) is -7.38. The van der Waals surface area contributed by atoms with Gasteiger partial charge in [-0.15, -0.1) is 0 Å². The van der Waals surface area contributed by atoms with Crippen molar-refractivity contribution in [1.82, 2.24) is 4.72 Å². The number of sulfonamides is 2. The number of carbonyl (C=O) groups is 1. The molecule has 8 nitrogen and oxygen atoms in total. The second kappa shape index (κ2) is 9.12. The lowest BCUT2D eigenvalue weighted by atomic mass is 10.3. The highest BCUT2D eigenvalue weighted by Crippen LogP contribution is 2.22. The Kier molecular flexibility index (Phi) is 7.28. The number of anilines is 2. The number of hydrogen-bond acceptors (Lipinski definition) is 5. The van der Waals surface area contributed by atoms with Crippen LogP contribution in [0, 0.1) is 0 Å². The van der Waals surface area contributed by atoms with E-state index in [1.54, 1.807) is 26.0 Å². The predicted molar refractivity (Wildman–Crippen MR) is 114 cm³/mol. The van der Waals surface area contributed by atoms with Gasteiger partial charge >= 0.3 is 0 Å². The van der Waals surface area contributed by atoms with Gasteiger partial charge in [-0.3, -0.25) is 9.10 Å². The van der Waals surface area contributed by atoms with Gasteiger partial charge in [0.15, 0.2) is 0 Å². The van der Waals surface area contributed by atoms with E-state index in [1.165, 1.54) is 36.4 Å². The Hall–Kier alpha value is -2.14. The summed E-state index contributed by atoms with van der Waals surface area (Å²) in [6, 6.07) is 11.4. The van der Waals surface area contributed by atoms with Crippen molar-refractivity contribution in [2.24, 2.45) is 0 Å². The van der Waals surface area contributed by atoms with Gasteiger partial charge in [0.05, 0.1) is 16.8 Å². The van der Waals surface area contributed by atoms with Crippen LogP contribution in [-0.4, -0.2) is 41.6 Å². The molecule has 29 heavy (non-hydrogen) atoms. The minimum atomic E-state index is -3.73. The van der Waals surface area contributed by atoms with Gasteiger partial charge in [0.25, 0.3) is 0 Å². The van der Waals surface area contributed by atoms with Crippen LogP contribution in [0.15, 0.2) is 53.4 Å². The van der Waals surface area contributed by atoms with Crippen LogP contribution in [0.1, 0.15) is 13.8 Å². The van der Waals surface area contributed by atoms with Crippen LogP contribution in [0.4, 0.5) is 11.4 Å². The molecule has 2 aromatic carbocycles. The van der Waals surface area contributed by atoms with Crippen LogP contribution < -0.4 is 14.3 Å². The summed E-state index contributed by atoms with van der Waals surface area (Å²) >= 11 is 5.91. The summed E-state index contributed by atoms with van der Waals surface area (Å²) in [6.07, 6.45) is 0.989. The summed E-state index contributed by atoms with van der Waals surface area (Å²) in [5.41, 5.74) is 0.592. The SMILES string of the molecule is CC(C)NS(=O)(=O)c1ccc(NC(=O)CN(c2cccc(Cl)c2)S(C)(=O)=O)cc1. The lowest BCUT2D eigenvalue weighted by Gasteiger charge is -2.22. The number of rotatable bonds is 8. The first kappa shape index (κ1) is 23.1. The van der Waals surface area contributed by atoms with E-state index in [9.17, 15) is 21.6 Å². The van der Waals surface area contributed by atoms with Crippen molar-refractivity contribution in [2.75, 3.05) is 22.4 Å². The fourth-order valence-corrected chi connectivity index (χ4v) is 4.74. The monoisotopic (exact) mass is 459 g/mol. The molecule has 1 amide bonds. The summed E-state index contributed by atoms with van der Waals surface area (Å²) < 4.78 is 51.9. The van der Waals surface area contributed by atoms with Crippen LogP contribution >= 0.6 is 11.6 Å². The number of nitrogens with zero attached hydrogens (tertiary/aromatic N) is 1. The minimum absolute atomic E-state index is 0.0564. The second-order valence-electron chi connectivity index (χ2n) is 6.60. The molecule has 0 atom stereocenters. The number of benzene rings is 2. The van der Waals surface area contributed by atoms with Crippen molar-refractivity contribution >= 4 is 48.9 Å². The molecule has 158 valence electrons. The van der Waals surface area contributed by atoms with Crippen LogP contribution in [0.25, 0.3) is 0 Å². The third kappa shape index (κ3) is 6.70. The molecule has 0 unspecified atom stereocenters. The average molecular weight is 460 g/mol. The highest BCUT2D eigenvalue weighted by Gasteiger charge is 2.21. The van der Waals surface area contributed by atoms with Crippen molar-refractivity contribution in [3.8, 4) is 0 Å². The Bertz CT molecular complexity index is 1080. The number of halogens is 1. The molecule has 0 saturated carbocycles. The van der Waals surface area contributed by atoms with Gasteiger partial charge in [-0.2, -0.15) is 0 Å². The molecular weight excluding hydrogens is 438 g/mol. The average Bonchev–Trinajstić information content (AvgIpc) is 2.58. The number of hydrogen-bond donors (Lipinski definition) is 2. The molecular formula is C18H22ClN3O5S2. The quantitative estimate of drug-likeness (QED) is 0.629. The van der Waals surface area contributed by atoms with E-state index in [4.69, 9.17) is 11.6 Å². The minimum Gasteiger partial charge on any atom is -0.325 e. The lowest BCUT2D eigenvalue weighted by Crippen LogP contribution is -2.37. The summed E-state index contributed by atoms with van der Waals surface area (Å²) in [4.78, 5) is 12.4. The molecule has 0 spiro atoms. The van der Waals surface area contributed by atoms with E-state index in [1.807, 2.05) is 0 Å². The number of amides is 1. The van der Waals surface area contributed by atoms with Crippen molar-refractivity contribution < 1.29 is 21.6 Å². The molecule has 0 radical (unpaired) electrons. The predicted octanol–water partition coefficient (Wildman–Crippen LogP) is 2.43. The Morgan fingerprint density at radius 2 is 1.69 bits per heavy atom. The fourth-order valence-electron chi connectivity index (χ4n) is 2.46. The molecule has 0 fully saturated rings. The molecule has 0 bridgehead atoms. The highest BCUT2D eigenvalue weighted by atomic mass is 35.5. The third-order valence-corrected chi connectivity index (χ3v) is 6.67. The van der Waals surface area contributed by atoms with Crippen LogP contribution in [0.3, 0.4) is 0 Å². The smallest absolute Gasteiger partial charge is 0.245 e. The van der Waals surface area contributed by atoms with Crippen LogP contribution in [0.2, 0.25) is 5.02 Å². The summed E-state index contributed by atoms with van der Waals surface area (Å²) in [5, 5.41) is 2.89. The Labute approximate surface area is 176 Å². The fraction of sp³-hybridized carbons (Fsp3) is 0.278. The standard InChI is InChI=1S/C18H22ClN3O5S2/c1-13(2)21-29(26,27)17-9-7-15(8-10-17)20-18(23)12-22(28(3,24)25)16-6-4-5-14(19)11-16/h4-11,13,21H,12H2,1-3H3,(H,20,23). The van der Waals surface area contributed by atoms with E-state index in [2.05, 4.69) is 10.0 Å². The van der Waals surface area contributed by atoms with Crippen LogP contribution in [0.5, 0.6) is 0 Å². The maximum atomic E-state index is 12.4. The Morgan fingerprint density at radius 3 is 2.21 bits per heavy atom. The van der Waals surface area contributed by atoms with Crippen molar-refractivity contribution in [3.05, 3.63) is 53.6 Å². The maximum Gasteiger partial charge on any atom is 0.245 e. The molecule has 0 aliphatic rings. The molecule has 0 aromatic heterocycles. The number of carbonyl (C=O) groups excluding carboxylic acids is 1. The zero-order chi connectivity index (χ0) is 21.8. The topological polar surface area (TPSA) is 113 Å². The second-order valence-corrected chi connectivity index (χ2v) is 10.7. The van der Waals surface area contributed by atoms with Gasteiger partial charge < -0.3 is 5.32 Å². The molecule has 2 aromatic rings. The van der Waals surface area contributed by atoms with Gasteiger partial charge in [0.2, 0.25) is 26.0 Å².